The number of piperazine rings is 1. The number of benzene rings is 4. The van der Waals surface area contributed by atoms with Gasteiger partial charge in [-0.3, -0.25) is 33.7 Å². The Labute approximate surface area is 410 Å². The van der Waals surface area contributed by atoms with Gasteiger partial charge >= 0.3 is 0 Å². The van der Waals surface area contributed by atoms with E-state index in [1.807, 2.05) is 18.2 Å². The molecule has 6 N–H and O–H groups in total. The molecule has 5 atom stereocenters. The van der Waals surface area contributed by atoms with Gasteiger partial charge in [0, 0.05) is 63.4 Å². The monoisotopic (exact) mass is 979 g/mol. The zero-order valence-electron chi connectivity index (χ0n) is 40.2. The Kier molecular flexibility index (Phi) is 15.5. The highest BCUT2D eigenvalue weighted by molar-refractivity contribution is 6.05. The van der Waals surface area contributed by atoms with Crippen LogP contribution in [0.15, 0.2) is 78.9 Å². The Bertz CT molecular complexity index is 2660. The number of nitrogens with one attached hydrogen (secondary N) is 6. The van der Waals surface area contributed by atoms with Crippen molar-refractivity contribution in [3.05, 3.63) is 124 Å². The maximum atomic E-state index is 14.9. The summed E-state index contributed by atoms with van der Waals surface area (Å²) < 4.78 is 49.1. The second-order valence-electron chi connectivity index (χ2n) is 19.1. The highest BCUT2D eigenvalue weighted by atomic mass is 19.1. The number of hydrogen-bond donors (Lipinski definition) is 6. The summed E-state index contributed by atoms with van der Waals surface area (Å²) in [6.07, 6.45) is 1.37. The highest BCUT2D eigenvalue weighted by Crippen LogP contribution is 2.43. The molecule has 8 rings (SSSR count). The van der Waals surface area contributed by atoms with E-state index in [1.54, 1.807) is 50.1 Å². The SMILES string of the molecule is CN[C@@H](C)C(=O)NC(C(=O)N1Cc2ccc(NC(=O)CNC(=O)[C@]3(C)CN(C(=O)CN4CCN[C@H](C)C4)c4cc(Cc5ccc(F)cc5)ccc43)cc2[C@H]1C(=O)Nc1c(F)cccc1F)C1CCOCC1. The predicted molar refractivity (Wildman–Crippen MR) is 260 cm³/mol. The van der Waals surface area contributed by atoms with E-state index in [4.69, 9.17) is 4.74 Å². The van der Waals surface area contributed by atoms with Crippen molar-refractivity contribution in [1.82, 2.24) is 31.1 Å². The molecule has 0 saturated carbocycles. The maximum Gasteiger partial charge on any atom is 0.252 e. The molecule has 19 heteroatoms. The Hall–Kier alpha value is -6.67. The summed E-state index contributed by atoms with van der Waals surface area (Å²) >= 11 is 0. The van der Waals surface area contributed by atoms with Crippen LogP contribution in [0.4, 0.5) is 30.2 Å². The lowest BCUT2D eigenvalue weighted by Crippen LogP contribution is -2.56. The molecular formula is C52H60F3N9O7. The smallest absolute Gasteiger partial charge is 0.252 e. The number of rotatable bonds is 15. The summed E-state index contributed by atoms with van der Waals surface area (Å²) in [5, 5.41) is 17.0. The van der Waals surface area contributed by atoms with Crippen LogP contribution in [-0.2, 0) is 51.9 Å². The molecule has 0 bridgehead atoms. The average molecular weight is 980 g/mol. The topological polar surface area (TPSA) is 194 Å². The molecule has 0 radical (unpaired) electrons. The molecule has 4 heterocycles. The zero-order valence-corrected chi connectivity index (χ0v) is 40.2. The summed E-state index contributed by atoms with van der Waals surface area (Å²) in [6.45, 7) is 7.81. The molecule has 1 unspecified atom stereocenters. The molecule has 2 fully saturated rings. The van der Waals surface area contributed by atoms with Gasteiger partial charge in [0.25, 0.3) is 5.91 Å². The number of anilines is 3. The van der Waals surface area contributed by atoms with E-state index in [0.29, 0.717) is 62.4 Å². The molecular weight excluding hydrogens is 920 g/mol. The van der Waals surface area contributed by atoms with Gasteiger partial charge in [-0.05, 0) is 123 Å². The highest BCUT2D eigenvalue weighted by Gasteiger charge is 2.48. The first-order valence-electron chi connectivity index (χ1n) is 24.0. The van der Waals surface area contributed by atoms with E-state index in [0.717, 1.165) is 35.9 Å². The standard InChI is InChI=1S/C52H60F3N9O7/c1-30-26-62(19-18-57-30)28-44(66)64-29-52(3,39-15-10-33(23-42(39)64)22-32-8-12-36(53)13-9-32)51(70)58-25-43(65)59-37-14-11-35-27-63(47(38(35)24-37)49(68)61-46-40(54)6-5-7-41(46)55)50(69)45(34-16-20-71-21-17-34)60-48(67)31(2)56-4/h5-15,23-24,30-31,34,45,47,56-57H,16-22,25-29H2,1-4H3,(H,58,70)(H,59,65)(H,60,67)(H,61,68)/t30-,31+,45?,47+,52-/m1/s1. The van der Waals surface area contributed by atoms with Gasteiger partial charge in [0.05, 0.1) is 24.5 Å². The van der Waals surface area contributed by atoms with Gasteiger partial charge in [-0.1, -0.05) is 36.4 Å². The van der Waals surface area contributed by atoms with Crippen molar-refractivity contribution in [3.8, 4) is 0 Å². The molecule has 4 aromatic carbocycles. The zero-order chi connectivity index (χ0) is 50.6. The molecule has 0 spiro atoms. The number of ether oxygens (including phenoxy) is 1. The number of carbonyl (C=O) groups is 6. The van der Waals surface area contributed by atoms with Gasteiger partial charge in [0.15, 0.2) is 0 Å². The van der Waals surface area contributed by atoms with E-state index in [-0.39, 0.29) is 54.6 Å². The van der Waals surface area contributed by atoms with Crippen molar-refractivity contribution in [2.45, 2.75) is 76.2 Å². The fourth-order valence-electron chi connectivity index (χ4n) is 9.94. The minimum absolute atomic E-state index is 0.0180. The van der Waals surface area contributed by atoms with E-state index >= 15 is 0 Å². The summed E-state index contributed by atoms with van der Waals surface area (Å²) in [4.78, 5) is 89.3. The van der Waals surface area contributed by atoms with Gasteiger partial charge in [0.1, 0.15) is 35.2 Å². The largest absolute Gasteiger partial charge is 0.381 e. The molecule has 6 amide bonds. The summed E-state index contributed by atoms with van der Waals surface area (Å²) in [5.74, 6) is -6.02. The minimum Gasteiger partial charge on any atom is -0.381 e. The lowest BCUT2D eigenvalue weighted by atomic mass is 9.83. The Morgan fingerprint density at radius 2 is 1.62 bits per heavy atom. The number of amides is 6. The first-order valence-corrected chi connectivity index (χ1v) is 24.0. The van der Waals surface area contributed by atoms with Crippen LogP contribution in [0, 0.1) is 23.4 Å². The summed E-state index contributed by atoms with van der Waals surface area (Å²) in [7, 11) is 1.61. The molecule has 0 aliphatic carbocycles. The minimum atomic E-state index is -1.45. The average Bonchev–Trinajstić information content (AvgIpc) is 3.89. The molecule has 2 saturated heterocycles. The van der Waals surface area contributed by atoms with Crippen LogP contribution >= 0.6 is 0 Å². The van der Waals surface area contributed by atoms with E-state index in [1.165, 1.54) is 23.1 Å². The van der Waals surface area contributed by atoms with Crippen molar-refractivity contribution in [2.75, 3.05) is 75.1 Å². The summed E-state index contributed by atoms with van der Waals surface area (Å²) in [6, 6.07) is 16.6. The third kappa shape index (κ3) is 11.3. The van der Waals surface area contributed by atoms with Gasteiger partial charge in [0.2, 0.25) is 29.5 Å². The van der Waals surface area contributed by atoms with Crippen molar-refractivity contribution in [3.63, 3.8) is 0 Å². The van der Waals surface area contributed by atoms with Crippen molar-refractivity contribution < 1.29 is 46.7 Å². The van der Waals surface area contributed by atoms with Crippen LogP contribution < -0.4 is 36.8 Å². The maximum absolute atomic E-state index is 14.9. The van der Waals surface area contributed by atoms with E-state index in [9.17, 15) is 41.9 Å². The molecule has 16 nitrogen and oxygen atoms in total. The van der Waals surface area contributed by atoms with Crippen LogP contribution in [0.2, 0.25) is 0 Å². The molecule has 4 aliphatic rings. The molecule has 0 aromatic heterocycles. The van der Waals surface area contributed by atoms with Crippen LogP contribution in [-0.4, -0.2) is 123 Å². The number of likely N-dealkylation sites (N-methyl/N-ethyl adjacent to an activating group) is 1. The third-order valence-corrected chi connectivity index (χ3v) is 14.0. The number of nitrogens with zero attached hydrogens (tertiary/aromatic N) is 3. The quantitative estimate of drug-likeness (QED) is 0.102. The van der Waals surface area contributed by atoms with E-state index in [2.05, 4.69) is 43.7 Å². The summed E-state index contributed by atoms with van der Waals surface area (Å²) in [5.41, 5.74) is 1.93. The second-order valence-corrected chi connectivity index (χ2v) is 19.1. The van der Waals surface area contributed by atoms with Gasteiger partial charge in [-0.25, -0.2) is 13.2 Å². The van der Waals surface area contributed by atoms with Gasteiger partial charge in [-0.2, -0.15) is 0 Å². The normalized spacial score (nSPS) is 20.9. The Morgan fingerprint density at radius 1 is 0.901 bits per heavy atom. The van der Waals surface area contributed by atoms with Crippen molar-refractivity contribution >= 4 is 52.5 Å². The second kappa shape index (κ2) is 21.8. The first kappa shape index (κ1) is 50.7. The van der Waals surface area contributed by atoms with Gasteiger partial charge in [-0.15, -0.1) is 0 Å². The van der Waals surface area contributed by atoms with Crippen LogP contribution in [0.5, 0.6) is 0 Å². The van der Waals surface area contributed by atoms with Crippen LogP contribution in [0.25, 0.3) is 0 Å². The lowest BCUT2D eigenvalue weighted by Gasteiger charge is -2.35. The molecule has 71 heavy (non-hydrogen) atoms. The number of fused-ring (bicyclic) bond motifs is 2. The molecule has 4 aliphatic heterocycles. The van der Waals surface area contributed by atoms with Gasteiger partial charge < -0.3 is 46.4 Å². The fourth-order valence-corrected chi connectivity index (χ4v) is 9.94. The Morgan fingerprint density at radius 3 is 2.32 bits per heavy atom. The van der Waals surface area contributed by atoms with Crippen molar-refractivity contribution in [1.29, 1.82) is 0 Å². The number of carbonyl (C=O) groups excluding carboxylic acids is 6. The lowest BCUT2D eigenvalue weighted by molar-refractivity contribution is -0.144. The van der Waals surface area contributed by atoms with Crippen molar-refractivity contribution in [2.24, 2.45) is 5.92 Å². The fraction of sp³-hybridized carbons (Fsp3) is 0.423. The molecule has 4 aromatic rings. The predicted octanol–water partition coefficient (Wildman–Crippen LogP) is 3.89. The first-order chi connectivity index (χ1) is 34.0. The molecule has 376 valence electrons. The number of para-hydroxylation sites is 1. The number of hydrogen-bond acceptors (Lipinski definition) is 10. The number of halogens is 3. The van der Waals surface area contributed by atoms with E-state index < -0.39 is 76.9 Å². The van der Waals surface area contributed by atoms with Crippen LogP contribution in [0.1, 0.15) is 67.5 Å². The van der Waals surface area contributed by atoms with Crippen LogP contribution in [0.3, 0.4) is 0 Å². The third-order valence-electron chi connectivity index (χ3n) is 14.0. The Balaban J connectivity index is 1.01.